The largest absolute Gasteiger partial charge is 0.482 e. The summed E-state index contributed by atoms with van der Waals surface area (Å²) in [6.07, 6.45) is 0.398. The fraction of sp³-hybridized carbons (Fsp3) is 0.375. The Morgan fingerprint density at radius 3 is 2.84 bits per heavy atom. The van der Waals surface area contributed by atoms with E-state index in [2.05, 4.69) is 5.32 Å². The molecule has 2 aromatic rings. The van der Waals surface area contributed by atoms with Crippen molar-refractivity contribution in [2.45, 2.75) is 19.4 Å². The summed E-state index contributed by atoms with van der Waals surface area (Å²) in [7, 11) is -3.07. The van der Waals surface area contributed by atoms with Gasteiger partial charge in [-0.3, -0.25) is 4.79 Å². The molecule has 1 aromatic carbocycles. The first kappa shape index (κ1) is 17.8. The number of nitrogens with one attached hydrogen (secondary N) is 1. The van der Waals surface area contributed by atoms with Gasteiger partial charge in [0.1, 0.15) is 11.3 Å². The number of hydrogen-bond acceptors (Lipinski definition) is 6. The summed E-state index contributed by atoms with van der Waals surface area (Å²) in [5.74, 6) is -0.214. The predicted molar refractivity (Wildman–Crippen MR) is 92.9 cm³/mol. The zero-order valence-corrected chi connectivity index (χ0v) is 14.9. The molecule has 1 N–H and O–H groups in total. The van der Waals surface area contributed by atoms with E-state index in [-0.39, 0.29) is 28.9 Å². The number of sulfone groups is 1. The Morgan fingerprint density at radius 1 is 1.40 bits per heavy atom. The molecule has 1 aromatic heterocycles. The molecular formula is C16H16ClNO6S. The highest BCUT2D eigenvalue weighted by Crippen LogP contribution is 2.30. The summed E-state index contributed by atoms with van der Waals surface area (Å²) in [6.45, 7) is 1.44. The van der Waals surface area contributed by atoms with E-state index in [4.69, 9.17) is 20.8 Å². The van der Waals surface area contributed by atoms with Gasteiger partial charge in [-0.2, -0.15) is 0 Å². The molecule has 2 heterocycles. The van der Waals surface area contributed by atoms with Crippen LogP contribution in [0, 0.1) is 6.92 Å². The summed E-state index contributed by atoms with van der Waals surface area (Å²) in [6, 6.07) is 4.03. The van der Waals surface area contributed by atoms with Crippen LogP contribution in [0.25, 0.3) is 11.0 Å². The highest BCUT2D eigenvalue weighted by Gasteiger charge is 2.28. The van der Waals surface area contributed by atoms with Gasteiger partial charge in [-0.15, -0.1) is 0 Å². The lowest BCUT2D eigenvalue weighted by atomic mass is 10.1. The molecule has 1 aliphatic heterocycles. The fourth-order valence-electron chi connectivity index (χ4n) is 2.75. The smallest absolute Gasteiger partial charge is 0.336 e. The third-order valence-corrected chi connectivity index (χ3v) is 6.02. The van der Waals surface area contributed by atoms with Gasteiger partial charge in [0.15, 0.2) is 16.4 Å². The molecule has 0 saturated carbocycles. The Morgan fingerprint density at radius 2 is 2.16 bits per heavy atom. The van der Waals surface area contributed by atoms with Gasteiger partial charge < -0.3 is 14.5 Å². The van der Waals surface area contributed by atoms with Gasteiger partial charge in [0, 0.05) is 23.6 Å². The Balaban J connectivity index is 1.69. The molecule has 1 saturated heterocycles. The Hall–Kier alpha value is -2.06. The first-order valence-corrected chi connectivity index (χ1v) is 9.80. The third kappa shape index (κ3) is 4.13. The number of carbonyl (C=O) groups is 1. The first-order valence-electron chi connectivity index (χ1n) is 7.60. The highest BCUT2D eigenvalue weighted by molar-refractivity contribution is 7.91. The van der Waals surface area contributed by atoms with E-state index >= 15 is 0 Å². The van der Waals surface area contributed by atoms with Crippen LogP contribution in [-0.4, -0.2) is 38.5 Å². The number of halogens is 1. The minimum atomic E-state index is -3.07. The average molecular weight is 386 g/mol. The van der Waals surface area contributed by atoms with Crippen LogP contribution < -0.4 is 15.7 Å². The number of aryl methyl sites for hydroxylation is 1. The molecule has 134 valence electrons. The molecule has 25 heavy (non-hydrogen) atoms. The normalized spacial score (nSPS) is 19.0. The molecule has 1 aliphatic rings. The third-order valence-electron chi connectivity index (χ3n) is 3.96. The molecule has 0 unspecified atom stereocenters. The molecule has 0 bridgehead atoms. The van der Waals surface area contributed by atoms with E-state index in [0.29, 0.717) is 17.4 Å². The minimum absolute atomic E-state index is 0.0557. The van der Waals surface area contributed by atoms with Crippen molar-refractivity contribution in [3.8, 4) is 5.75 Å². The first-order chi connectivity index (χ1) is 11.7. The molecular weight excluding hydrogens is 370 g/mol. The van der Waals surface area contributed by atoms with Crippen LogP contribution in [0.2, 0.25) is 5.02 Å². The predicted octanol–water partition coefficient (Wildman–Crippen LogP) is 1.44. The molecule has 0 aliphatic carbocycles. The highest BCUT2D eigenvalue weighted by atomic mass is 35.5. The number of amides is 1. The van der Waals surface area contributed by atoms with Crippen molar-refractivity contribution in [3.63, 3.8) is 0 Å². The van der Waals surface area contributed by atoms with Crippen LogP contribution in [0.3, 0.4) is 0 Å². The van der Waals surface area contributed by atoms with Crippen LogP contribution in [0.15, 0.2) is 27.4 Å². The second-order valence-electron chi connectivity index (χ2n) is 5.98. The summed E-state index contributed by atoms with van der Waals surface area (Å²) in [4.78, 5) is 23.4. The lowest BCUT2D eigenvalue weighted by Crippen LogP contribution is -2.38. The molecule has 1 amide bonds. The van der Waals surface area contributed by atoms with Gasteiger partial charge in [-0.25, -0.2) is 13.2 Å². The molecule has 0 radical (unpaired) electrons. The zero-order chi connectivity index (χ0) is 18.2. The van der Waals surface area contributed by atoms with Crippen LogP contribution in [0.5, 0.6) is 5.75 Å². The summed E-state index contributed by atoms with van der Waals surface area (Å²) >= 11 is 6.15. The molecule has 3 rings (SSSR count). The van der Waals surface area contributed by atoms with Crippen LogP contribution >= 0.6 is 11.6 Å². The minimum Gasteiger partial charge on any atom is -0.482 e. The van der Waals surface area contributed by atoms with E-state index in [1.165, 1.54) is 12.1 Å². The van der Waals surface area contributed by atoms with Crippen molar-refractivity contribution in [1.29, 1.82) is 0 Å². The van der Waals surface area contributed by atoms with Gasteiger partial charge in [-0.1, -0.05) is 11.6 Å². The van der Waals surface area contributed by atoms with E-state index in [1.807, 2.05) is 0 Å². The SMILES string of the molecule is Cc1cc(=O)oc2cc(OCC(=O)N[C@@H]3CCS(=O)(=O)C3)c(Cl)cc12. The van der Waals surface area contributed by atoms with Crippen LogP contribution in [-0.2, 0) is 14.6 Å². The maximum absolute atomic E-state index is 11.9. The Bertz CT molecular complexity index is 998. The Labute approximate surface area is 148 Å². The van der Waals surface area contributed by atoms with Crippen molar-refractivity contribution < 1.29 is 22.4 Å². The van der Waals surface area contributed by atoms with E-state index < -0.39 is 27.4 Å². The molecule has 1 atom stereocenters. The molecule has 9 heteroatoms. The van der Waals surface area contributed by atoms with Crippen molar-refractivity contribution >= 4 is 38.3 Å². The fourth-order valence-corrected chi connectivity index (χ4v) is 4.64. The van der Waals surface area contributed by atoms with E-state index in [9.17, 15) is 18.0 Å². The van der Waals surface area contributed by atoms with Gasteiger partial charge in [0.2, 0.25) is 0 Å². The average Bonchev–Trinajstić information content (AvgIpc) is 2.85. The second kappa shape index (κ2) is 6.68. The number of rotatable bonds is 4. The summed E-state index contributed by atoms with van der Waals surface area (Å²) < 4.78 is 33.3. The topological polar surface area (TPSA) is 103 Å². The van der Waals surface area contributed by atoms with Crippen molar-refractivity contribution in [3.05, 3.63) is 39.2 Å². The maximum Gasteiger partial charge on any atom is 0.336 e. The zero-order valence-electron chi connectivity index (χ0n) is 13.4. The van der Waals surface area contributed by atoms with Gasteiger partial charge in [0.25, 0.3) is 5.91 Å². The molecule has 7 nitrogen and oxygen atoms in total. The lowest BCUT2D eigenvalue weighted by Gasteiger charge is -2.13. The van der Waals surface area contributed by atoms with Crippen molar-refractivity contribution in [2.24, 2.45) is 0 Å². The van der Waals surface area contributed by atoms with E-state index in [1.54, 1.807) is 13.0 Å². The number of ether oxygens (including phenoxy) is 1. The summed E-state index contributed by atoms with van der Waals surface area (Å²) in [5.41, 5.74) is 0.546. The number of carbonyl (C=O) groups excluding carboxylic acids is 1. The van der Waals surface area contributed by atoms with Crippen molar-refractivity contribution in [2.75, 3.05) is 18.1 Å². The second-order valence-corrected chi connectivity index (χ2v) is 8.62. The maximum atomic E-state index is 11.9. The quantitative estimate of drug-likeness (QED) is 0.799. The van der Waals surface area contributed by atoms with Crippen LogP contribution in [0.1, 0.15) is 12.0 Å². The summed E-state index contributed by atoms with van der Waals surface area (Å²) in [5, 5.41) is 3.58. The van der Waals surface area contributed by atoms with Crippen LogP contribution in [0.4, 0.5) is 0 Å². The molecule has 0 spiro atoms. The van der Waals surface area contributed by atoms with Crippen molar-refractivity contribution in [1.82, 2.24) is 5.32 Å². The number of benzene rings is 1. The number of fused-ring (bicyclic) bond motifs is 1. The Kier molecular flexibility index (Phi) is 4.75. The lowest BCUT2D eigenvalue weighted by molar-refractivity contribution is -0.123. The van der Waals surface area contributed by atoms with Gasteiger partial charge in [-0.05, 0) is 25.0 Å². The molecule has 1 fully saturated rings. The number of hydrogen-bond donors (Lipinski definition) is 1. The van der Waals surface area contributed by atoms with Gasteiger partial charge >= 0.3 is 5.63 Å². The van der Waals surface area contributed by atoms with Gasteiger partial charge in [0.05, 0.1) is 16.5 Å². The monoisotopic (exact) mass is 385 g/mol. The standard InChI is InChI=1S/C16H16ClNO6S/c1-9-4-16(20)24-13-6-14(12(17)5-11(9)13)23-7-15(19)18-10-2-3-25(21,22)8-10/h4-6,10H,2-3,7-8H2,1H3,(H,18,19)/t10-/m1/s1. The van der Waals surface area contributed by atoms with E-state index in [0.717, 1.165) is 5.56 Å².